The molecule has 0 aromatic heterocycles. The van der Waals surface area contributed by atoms with Crippen molar-refractivity contribution in [2.24, 2.45) is 23.5 Å². The Bertz CT molecular complexity index is 1440. The maximum absolute atomic E-state index is 13.8. The van der Waals surface area contributed by atoms with Gasteiger partial charge in [-0.1, -0.05) is 67.7 Å². The van der Waals surface area contributed by atoms with Gasteiger partial charge >= 0.3 is 5.97 Å². The average molecular weight is 845 g/mol. The Hall–Kier alpha value is -4.73. The molecule has 10 atom stereocenters. The fourth-order valence-corrected chi connectivity index (χ4v) is 5.57. The lowest BCUT2D eigenvalue weighted by molar-refractivity contribution is -0.143. The predicted molar refractivity (Wildman–Crippen MR) is 214 cm³/mol. The van der Waals surface area contributed by atoms with Crippen molar-refractivity contribution in [1.82, 2.24) is 37.2 Å². The first-order valence-electron chi connectivity index (χ1n) is 20.0. The number of aliphatic hydroxyl groups excluding tert-OH is 3. The van der Waals surface area contributed by atoms with Crippen LogP contribution in [0.4, 0.5) is 0 Å². The van der Waals surface area contributed by atoms with Gasteiger partial charge < -0.3 is 63.4 Å². The molecule has 0 aliphatic heterocycles. The molecule has 0 radical (unpaired) electrons. The van der Waals surface area contributed by atoms with Crippen LogP contribution in [0.1, 0.15) is 101 Å². The number of ketones is 1. The van der Waals surface area contributed by atoms with Gasteiger partial charge in [-0.2, -0.15) is 0 Å². The van der Waals surface area contributed by atoms with E-state index < -0.39 is 133 Å². The van der Waals surface area contributed by atoms with Crippen LogP contribution in [-0.4, -0.2) is 141 Å². The number of carboxylic acid groups (broad SMARTS) is 1. The molecule has 0 aliphatic carbocycles. The molecule has 338 valence electrons. The van der Waals surface area contributed by atoms with Crippen molar-refractivity contribution in [2.45, 2.75) is 155 Å². The van der Waals surface area contributed by atoms with Crippen LogP contribution >= 0.6 is 0 Å². The highest BCUT2D eigenvalue weighted by atomic mass is 16.4. The van der Waals surface area contributed by atoms with E-state index in [1.807, 2.05) is 26.1 Å². The fourth-order valence-electron chi connectivity index (χ4n) is 5.57. The van der Waals surface area contributed by atoms with E-state index in [0.717, 1.165) is 6.92 Å². The second kappa shape index (κ2) is 27.1. The van der Waals surface area contributed by atoms with E-state index in [-0.39, 0.29) is 24.7 Å². The lowest BCUT2D eigenvalue weighted by Crippen LogP contribution is -2.62. The van der Waals surface area contributed by atoms with E-state index in [4.69, 9.17) is 10.8 Å². The van der Waals surface area contributed by atoms with Gasteiger partial charge in [0.1, 0.15) is 48.1 Å². The van der Waals surface area contributed by atoms with Crippen LogP contribution in [-0.2, 0) is 43.2 Å². The molecule has 0 spiro atoms. The van der Waals surface area contributed by atoms with Crippen LogP contribution in [0.15, 0.2) is 0 Å². The lowest BCUT2D eigenvalue weighted by Gasteiger charge is -2.30. The second-order valence-corrected chi connectivity index (χ2v) is 15.6. The zero-order valence-electron chi connectivity index (χ0n) is 35.6. The zero-order valence-corrected chi connectivity index (χ0v) is 35.6. The number of carbonyl (C=O) groups excluding carboxylic acids is 8. The fraction of sp³-hybridized carbons (Fsp3) is 0.763. The summed E-state index contributed by atoms with van der Waals surface area (Å²) in [5, 5.41) is 55.8. The second-order valence-electron chi connectivity index (χ2n) is 15.6. The summed E-state index contributed by atoms with van der Waals surface area (Å²) in [4.78, 5) is 115. The van der Waals surface area contributed by atoms with Crippen molar-refractivity contribution >= 4 is 53.1 Å². The van der Waals surface area contributed by atoms with Gasteiger partial charge in [-0.05, 0) is 44.4 Å². The molecule has 0 saturated carbocycles. The van der Waals surface area contributed by atoms with E-state index in [2.05, 4.69) is 31.9 Å². The van der Waals surface area contributed by atoms with Gasteiger partial charge in [0, 0.05) is 6.42 Å². The molecule has 21 heteroatoms. The Balaban J connectivity index is 6.06. The number of amides is 7. The molecule has 21 nitrogen and oxygen atoms in total. The number of hydrogen-bond donors (Lipinski definition) is 12. The SMILES string of the molecule is CCCC[C@@H](NC(=O)[C@H](CC(C)C)NC(=O)[C@@H](N)[C@H](O)C(C)C)C(=O)NC(C(=O)N[C@H](C(=O)NCC(=O)N[C@@H](CC(C)=O)C(=O)N[C@@H](CO)C(=O)O)[C@@H](C)O)[C@@H](C)CC. The third-order valence-electron chi connectivity index (χ3n) is 9.39. The van der Waals surface area contributed by atoms with Crippen LogP contribution in [0.25, 0.3) is 0 Å². The molecule has 0 aromatic carbocycles. The number of aliphatic hydroxyl groups is 3. The molecule has 0 heterocycles. The number of aliphatic carboxylic acids is 1. The van der Waals surface area contributed by atoms with Crippen molar-refractivity contribution in [1.29, 1.82) is 0 Å². The smallest absolute Gasteiger partial charge is 0.328 e. The number of nitrogens with two attached hydrogens (primary N) is 1. The quantitative estimate of drug-likeness (QED) is 0.0376. The van der Waals surface area contributed by atoms with Crippen LogP contribution in [0.5, 0.6) is 0 Å². The summed E-state index contributed by atoms with van der Waals surface area (Å²) in [6.45, 7) is 12.8. The first-order chi connectivity index (χ1) is 27.4. The number of carboxylic acids is 1. The number of Topliss-reactive ketones (excluding diaryl/α,β-unsaturated/α-hetero) is 1. The summed E-state index contributed by atoms with van der Waals surface area (Å²) >= 11 is 0. The number of nitrogens with one attached hydrogen (secondary N) is 7. The molecule has 0 aliphatic rings. The number of rotatable bonds is 28. The Labute approximate surface area is 345 Å². The molecular formula is C38H68N8O13. The van der Waals surface area contributed by atoms with Gasteiger partial charge in [0.05, 0.1) is 25.4 Å². The van der Waals surface area contributed by atoms with Crippen LogP contribution in [0.2, 0.25) is 0 Å². The van der Waals surface area contributed by atoms with Gasteiger partial charge in [-0.25, -0.2) is 4.79 Å². The van der Waals surface area contributed by atoms with Gasteiger partial charge in [0.25, 0.3) is 0 Å². The highest BCUT2D eigenvalue weighted by Crippen LogP contribution is 2.13. The molecule has 59 heavy (non-hydrogen) atoms. The van der Waals surface area contributed by atoms with Crippen molar-refractivity contribution in [3.05, 3.63) is 0 Å². The molecule has 1 unspecified atom stereocenters. The third kappa shape index (κ3) is 19.7. The van der Waals surface area contributed by atoms with Gasteiger partial charge in [-0.15, -0.1) is 0 Å². The summed E-state index contributed by atoms with van der Waals surface area (Å²) in [6, 6.07) is -9.81. The Morgan fingerprint density at radius 2 is 1.17 bits per heavy atom. The van der Waals surface area contributed by atoms with Crippen molar-refractivity contribution in [2.75, 3.05) is 13.2 Å². The molecule has 0 bridgehead atoms. The molecule has 0 fully saturated rings. The maximum Gasteiger partial charge on any atom is 0.328 e. The highest BCUT2D eigenvalue weighted by molar-refractivity contribution is 5.98. The maximum atomic E-state index is 13.8. The van der Waals surface area contributed by atoms with E-state index in [9.17, 15) is 58.5 Å². The Morgan fingerprint density at radius 3 is 1.64 bits per heavy atom. The van der Waals surface area contributed by atoms with Gasteiger partial charge in [0.2, 0.25) is 41.4 Å². The number of carbonyl (C=O) groups is 9. The molecule has 13 N–H and O–H groups in total. The van der Waals surface area contributed by atoms with E-state index in [0.29, 0.717) is 19.3 Å². The summed E-state index contributed by atoms with van der Waals surface area (Å²) < 4.78 is 0. The minimum atomic E-state index is -1.72. The lowest BCUT2D eigenvalue weighted by atomic mass is 9.96. The van der Waals surface area contributed by atoms with E-state index in [1.165, 1.54) is 6.92 Å². The zero-order chi connectivity index (χ0) is 45.7. The van der Waals surface area contributed by atoms with E-state index in [1.54, 1.807) is 27.7 Å². The molecule has 0 aromatic rings. The minimum absolute atomic E-state index is 0.0757. The normalized spacial score (nSPS) is 16.4. The summed E-state index contributed by atoms with van der Waals surface area (Å²) in [5.41, 5.74) is 5.95. The standard InChI is InChI=1S/C38H68N8O13/c1-10-12-13-23(42-33(53)24(14-18(3)4)43-35(55)28(39)31(51)19(5)6)32(52)45-29(20(7)11-2)37(57)46-30(22(9)49)36(56)40-16-27(50)41-25(15-21(8)48)34(54)44-26(17-47)38(58)59/h18-20,22-26,28-31,47,49,51H,10-17,39H2,1-9H3,(H,40,56)(H,41,50)(H,42,53)(H,43,55)(H,44,54)(H,45,52)(H,46,57)(H,58,59)/t20-,22+,23+,24-,25-,26-,28-,29?,30-,31+/m0/s1. The Kier molecular flexibility index (Phi) is 24.9. The third-order valence-corrected chi connectivity index (χ3v) is 9.39. The molecular weight excluding hydrogens is 776 g/mol. The van der Waals surface area contributed by atoms with Crippen LogP contribution in [0, 0.1) is 17.8 Å². The molecule has 0 rings (SSSR count). The molecule has 7 amide bonds. The van der Waals surface area contributed by atoms with Crippen molar-refractivity contribution < 1.29 is 63.6 Å². The number of hydrogen-bond acceptors (Lipinski definition) is 13. The average Bonchev–Trinajstić information content (AvgIpc) is 3.15. The van der Waals surface area contributed by atoms with Gasteiger partial charge in [0.15, 0.2) is 0 Å². The summed E-state index contributed by atoms with van der Waals surface area (Å²) in [6.07, 6.45) is -1.41. The first-order valence-corrected chi connectivity index (χ1v) is 20.0. The monoisotopic (exact) mass is 844 g/mol. The van der Waals surface area contributed by atoms with Crippen LogP contribution < -0.4 is 43.0 Å². The van der Waals surface area contributed by atoms with Gasteiger partial charge in [-0.3, -0.25) is 38.4 Å². The summed E-state index contributed by atoms with van der Waals surface area (Å²) in [5.74, 6) is -9.23. The minimum Gasteiger partial charge on any atom is -0.480 e. The van der Waals surface area contributed by atoms with Crippen LogP contribution in [0.3, 0.4) is 0 Å². The largest absolute Gasteiger partial charge is 0.480 e. The highest BCUT2D eigenvalue weighted by Gasteiger charge is 2.36. The van der Waals surface area contributed by atoms with Crippen molar-refractivity contribution in [3.63, 3.8) is 0 Å². The van der Waals surface area contributed by atoms with E-state index >= 15 is 0 Å². The number of unbranched alkanes of at least 4 members (excludes halogenated alkanes) is 1. The van der Waals surface area contributed by atoms with Crippen molar-refractivity contribution in [3.8, 4) is 0 Å². The first kappa shape index (κ1) is 54.3. The predicted octanol–water partition coefficient (Wildman–Crippen LogP) is -2.93. The molecule has 0 saturated heterocycles. The Morgan fingerprint density at radius 1 is 0.644 bits per heavy atom. The summed E-state index contributed by atoms with van der Waals surface area (Å²) in [7, 11) is 0. The topological polar surface area (TPSA) is 345 Å².